The highest BCUT2D eigenvalue weighted by molar-refractivity contribution is 7.96. The van der Waals surface area contributed by atoms with E-state index in [0.717, 1.165) is 53.7 Å². The van der Waals surface area contributed by atoms with Crippen molar-refractivity contribution in [3.05, 3.63) is 42.7 Å². The number of aryl methyl sites for hydroxylation is 1. The maximum atomic E-state index is 4.71. The van der Waals surface area contributed by atoms with Gasteiger partial charge in [-0.25, -0.2) is 9.97 Å². The monoisotopic (exact) mass is 426 g/mol. The minimum Gasteiger partial charge on any atom is -0.328 e. The van der Waals surface area contributed by atoms with E-state index in [1.807, 2.05) is 48.2 Å². The Hall–Kier alpha value is -2.43. The fraction of sp³-hybridized carbons (Fsp3) is 0.368. The second-order valence-corrected chi connectivity index (χ2v) is 8.83. The number of nitrogens with zero attached hydrogens (tertiary/aromatic N) is 7. The Morgan fingerprint density at radius 2 is 2.07 bits per heavy atom. The van der Waals surface area contributed by atoms with Crippen molar-refractivity contribution in [2.45, 2.75) is 18.8 Å². The molecule has 1 aliphatic rings. The van der Waals surface area contributed by atoms with E-state index >= 15 is 0 Å². The van der Waals surface area contributed by atoms with E-state index in [-0.39, 0.29) is 0 Å². The minimum atomic E-state index is 0.539. The number of rotatable bonds is 5. The molecule has 0 radical (unpaired) electrons. The van der Waals surface area contributed by atoms with Crippen LogP contribution in [0.25, 0.3) is 16.9 Å². The van der Waals surface area contributed by atoms with E-state index in [0.29, 0.717) is 5.92 Å². The molecule has 4 aromatic rings. The molecule has 8 nitrogen and oxygen atoms in total. The van der Waals surface area contributed by atoms with Crippen molar-refractivity contribution in [1.29, 1.82) is 0 Å². The van der Waals surface area contributed by atoms with Crippen LogP contribution in [-0.2, 0) is 7.05 Å². The van der Waals surface area contributed by atoms with Crippen molar-refractivity contribution in [2.24, 2.45) is 7.05 Å². The lowest BCUT2D eigenvalue weighted by Crippen LogP contribution is -2.27. The van der Waals surface area contributed by atoms with Crippen LogP contribution in [0.5, 0.6) is 0 Å². The number of hydrogen-bond donors (Lipinski definition) is 1. The number of imidazole rings is 1. The smallest absolute Gasteiger partial charge is 0.180 e. The predicted octanol–water partition coefficient (Wildman–Crippen LogP) is 3.79. The van der Waals surface area contributed by atoms with Crippen LogP contribution in [-0.4, -0.2) is 52.2 Å². The van der Waals surface area contributed by atoms with Crippen LogP contribution in [0.2, 0.25) is 0 Å². The maximum Gasteiger partial charge on any atom is 0.180 e. The lowest BCUT2D eigenvalue weighted by molar-refractivity contribution is 0.344. The molecular formula is C19H22N8S2. The molecule has 150 valence electrons. The Morgan fingerprint density at radius 1 is 1.21 bits per heavy atom. The van der Waals surface area contributed by atoms with Crippen LogP contribution < -0.4 is 5.32 Å². The highest BCUT2D eigenvalue weighted by Crippen LogP contribution is 2.33. The van der Waals surface area contributed by atoms with Crippen LogP contribution in [0, 0.1) is 0 Å². The third-order valence-corrected chi connectivity index (χ3v) is 6.93. The highest BCUT2D eigenvalue weighted by atomic mass is 32.2. The molecule has 0 aromatic carbocycles. The number of fused-ring (bicyclic) bond motifs is 1. The highest BCUT2D eigenvalue weighted by Gasteiger charge is 2.22. The summed E-state index contributed by atoms with van der Waals surface area (Å²) in [6.45, 7) is 2.25. The first kappa shape index (κ1) is 18.6. The van der Waals surface area contributed by atoms with Gasteiger partial charge < -0.3 is 5.32 Å². The Kier molecular flexibility index (Phi) is 4.98. The lowest BCUT2D eigenvalue weighted by atomic mass is 9.95. The second kappa shape index (κ2) is 7.77. The molecule has 0 atom stereocenters. The number of nitrogens with one attached hydrogen (secondary N) is 1. The average Bonchev–Trinajstić information content (AvgIpc) is 3.48. The third-order valence-electron chi connectivity index (χ3n) is 5.33. The van der Waals surface area contributed by atoms with Gasteiger partial charge >= 0.3 is 0 Å². The van der Waals surface area contributed by atoms with Crippen molar-refractivity contribution in [3.63, 3.8) is 0 Å². The molecule has 0 saturated carbocycles. The molecule has 4 aromatic heterocycles. The molecule has 5 rings (SSSR count). The molecule has 0 bridgehead atoms. The number of hydrogen-bond acceptors (Lipinski definition) is 8. The molecule has 0 aliphatic carbocycles. The Labute approximate surface area is 177 Å². The van der Waals surface area contributed by atoms with E-state index in [9.17, 15) is 0 Å². The molecule has 0 unspecified atom stereocenters. The summed E-state index contributed by atoms with van der Waals surface area (Å²) >= 11 is 3.32. The minimum absolute atomic E-state index is 0.539. The molecular weight excluding hydrogens is 404 g/mol. The normalized spacial score (nSPS) is 15.9. The van der Waals surface area contributed by atoms with Crippen LogP contribution in [0.3, 0.4) is 0 Å². The molecule has 29 heavy (non-hydrogen) atoms. The van der Waals surface area contributed by atoms with Gasteiger partial charge in [-0.15, -0.1) is 0 Å². The molecule has 0 spiro atoms. The van der Waals surface area contributed by atoms with E-state index in [2.05, 4.69) is 37.0 Å². The fourth-order valence-electron chi connectivity index (χ4n) is 3.77. The van der Waals surface area contributed by atoms with Crippen LogP contribution in [0.1, 0.15) is 24.5 Å². The van der Waals surface area contributed by atoms with Gasteiger partial charge in [-0.2, -0.15) is 9.47 Å². The summed E-state index contributed by atoms with van der Waals surface area (Å²) < 4.78 is 11.0. The second-order valence-electron chi connectivity index (χ2n) is 7.14. The Balaban J connectivity index is 1.37. The van der Waals surface area contributed by atoms with E-state index in [1.54, 1.807) is 10.9 Å². The van der Waals surface area contributed by atoms with E-state index in [1.165, 1.54) is 17.2 Å². The molecule has 1 aliphatic heterocycles. The van der Waals surface area contributed by atoms with Crippen molar-refractivity contribution in [2.75, 3.05) is 24.7 Å². The Bertz CT molecular complexity index is 1120. The first-order valence-corrected chi connectivity index (χ1v) is 11.5. The summed E-state index contributed by atoms with van der Waals surface area (Å²) in [5.74, 6) is 1.27. The number of aromatic nitrogens is 6. The summed E-state index contributed by atoms with van der Waals surface area (Å²) in [4.78, 5) is 9.10. The van der Waals surface area contributed by atoms with Crippen molar-refractivity contribution in [3.8, 4) is 11.3 Å². The summed E-state index contributed by atoms with van der Waals surface area (Å²) in [6.07, 6.45) is 13.9. The van der Waals surface area contributed by atoms with Gasteiger partial charge in [0.2, 0.25) is 0 Å². The quantitative estimate of drug-likeness (QED) is 0.487. The van der Waals surface area contributed by atoms with E-state index in [4.69, 9.17) is 4.37 Å². The molecule has 0 amide bonds. The van der Waals surface area contributed by atoms with Gasteiger partial charge in [-0.3, -0.25) is 13.4 Å². The van der Waals surface area contributed by atoms with Gasteiger partial charge in [-0.1, -0.05) is 11.9 Å². The summed E-state index contributed by atoms with van der Waals surface area (Å²) in [7, 11) is 1.91. The average molecular weight is 427 g/mol. The van der Waals surface area contributed by atoms with Gasteiger partial charge in [0.05, 0.1) is 23.8 Å². The standard InChI is InChI=1S/C19H22N8S2/c1-25-12-14(10-22-25)16-11-21-19-18(20-5-8-27(16)19)23-17-9-15(24-29-17)13-3-6-26(28-2)7-4-13/h5,8-13H,3-4,6-7H2,1-2H3,(H,20,23). The molecule has 1 saturated heterocycles. The topological polar surface area (TPSA) is 76.2 Å². The molecule has 1 fully saturated rings. The molecule has 1 N–H and O–H groups in total. The van der Waals surface area contributed by atoms with Crippen molar-refractivity contribution in [1.82, 2.24) is 32.8 Å². The predicted molar refractivity (Wildman–Crippen MR) is 118 cm³/mol. The van der Waals surface area contributed by atoms with Gasteiger partial charge in [0, 0.05) is 50.2 Å². The third kappa shape index (κ3) is 3.63. The van der Waals surface area contributed by atoms with Gasteiger partial charge in [0.25, 0.3) is 0 Å². The summed E-state index contributed by atoms with van der Waals surface area (Å²) in [5.41, 5.74) is 3.98. The Morgan fingerprint density at radius 3 is 2.83 bits per heavy atom. The van der Waals surface area contributed by atoms with Crippen LogP contribution in [0.4, 0.5) is 10.8 Å². The maximum absolute atomic E-state index is 4.71. The van der Waals surface area contributed by atoms with Crippen molar-refractivity contribution < 1.29 is 0 Å². The van der Waals surface area contributed by atoms with Gasteiger partial charge in [0.1, 0.15) is 5.00 Å². The van der Waals surface area contributed by atoms with Crippen LogP contribution in [0.15, 0.2) is 37.1 Å². The summed E-state index contributed by atoms with van der Waals surface area (Å²) in [5, 5.41) is 8.68. The van der Waals surface area contributed by atoms with Crippen LogP contribution >= 0.6 is 23.5 Å². The van der Waals surface area contributed by atoms with Gasteiger partial charge in [0.15, 0.2) is 11.5 Å². The number of piperidine rings is 1. The first-order valence-electron chi connectivity index (χ1n) is 9.55. The molecule has 10 heteroatoms. The number of anilines is 2. The fourth-order valence-corrected chi connectivity index (χ4v) is 5.06. The zero-order valence-electron chi connectivity index (χ0n) is 16.3. The van der Waals surface area contributed by atoms with Crippen molar-refractivity contribution >= 4 is 39.9 Å². The largest absolute Gasteiger partial charge is 0.328 e. The van der Waals surface area contributed by atoms with Gasteiger partial charge in [-0.05, 0) is 36.7 Å². The summed E-state index contributed by atoms with van der Waals surface area (Å²) in [6, 6.07) is 2.17. The zero-order valence-corrected chi connectivity index (χ0v) is 17.9. The molecule has 5 heterocycles. The van der Waals surface area contributed by atoms with E-state index < -0.39 is 0 Å². The first-order chi connectivity index (χ1) is 14.2. The lowest BCUT2D eigenvalue weighted by Gasteiger charge is -2.28. The zero-order chi connectivity index (χ0) is 19.8. The SMILES string of the molecule is CSN1CCC(c2cc(Nc3nccn4c(-c5cnn(C)c5)cnc34)sn2)CC1.